The lowest BCUT2D eigenvalue weighted by molar-refractivity contribution is 0.306. The van der Waals surface area contributed by atoms with Crippen molar-refractivity contribution in [1.29, 1.82) is 0 Å². The van der Waals surface area contributed by atoms with E-state index in [0.29, 0.717) is 6.61 Å². The predicted octanol–water partition coefficient (Wildman–Crippen LogP) is 6.97. The van der Waals surface area contributed by atoms with Crippen LogP contribution in [0.4, 0.5) is 11.5 Å². The van der Waals surface area contributed by atoms with Crippen LogP contribution in [0.2, 0.25) is 5.02 Å². The number of ether oxygens (including phenoxy) is 1. The number of nitrogens with zero attached hydrogens (tertiary/aromatic N) is 2. The van der Waals surface area contributed by atoms with Gasteiger partial charge >= 0.3 is 0 Å². The van der Waals surface area contributed by atoms with Crippen LogP contribution >= 0.6 is 35.3 Å². The van der Waals surface area contributed by atoms with E-state index in [9.17, 15) is 0 Å². The molecule has 1 aliphatic rings. The Morgan fingerprint density at radius 2 is 1.73 bits per heavy atom. The van der Waals surface area contributed by atoms with Gasteiger partial charge in [-0.1, -0.05) is 23.7 Å². The van der Waals surface area contributed by atoms with E-state index in [1.807, 2.05) is 59.9 Å². The first-order valence-corrected chi connectivity index (χ1v) is 11.0. The molecule has 0 amide bonds. The van der Waals surface area contributed by atoms with E-state index in [1.54, 1.807) is 6.33 Å². The summed E-state index contributed by atoms with van der Waals surface area (Å²) in [5, 5.41) is 5.40. The van der Waals surface area contributed by atoms with Gasteiger partial charge in [0.1, 0.15) is 29.3 Å². The van der Waals surface area contributed by atoms with E-state index in [2.05, 4.69) is 15.3 Å². The molecule has 0 spiro atoms. The largest absolute Gasteiger partial charge is 0.489 e. The summed E-state index contributed by atoms with van der Waals surface area (Å²) in [7, 11) is 0. The summed E-state index contributed by atoms with van der Waals surface area (Å²) >= 11 is 7.74. The van der Waals surface area contributed by atoms with E-state index in [0.717, 1.165) is 45.5 Å². The molecule has 5 rings (SSSR count). The second-order valence-corrected chi connectivity index (χ2v) is 8.70. The highest BCUT2D eigenvalue weighted by molar-refractivity contribution is 7.19. The third-order valence-electron chi connectivity index (χ3n) is 5.19. The van der Waals surface area contributed by atoms with Gasteiger partial charge in [0.2, 0.25) is 0 Å². The maximum absolute atomic E-state index is 5.92. The summed E-state index contributed by atoms with van der Waals surface area (Å²) in [5.74, 6) is 1.72. The van der Waals surface area contributed by atoms with Gasteiger partial charge in [0.25, 0.3) is 0 Å². The van der Waals surface area contributed by atoms with Crippen LogP contribution in [0.5, 0.6) is 5.75 Å². The molecular formula is C23H21Cl2N3OS. The molecular weight excluding hydrogens is 437 g/mol. The highest BCUT2D eigenvalue weighted by atomic mass is 35.5. The molecule has 30 heavy (non-hydrogen) atoms. The van der Waals surface area contributed by atoms with E-state index >= 15 is 0 Å². The zero-order valence-corrected chi connectivity index (χ0v) is 18.6. The Labute approximate surface area is 190 Å². The molecule has 154 valence electrons. The first-order chi connectivity index (χ1) is 14.3. The van der Waals surface area contributed by atoms with Crippen LogP contribution in [0.15, 0.2) is 54.9 Å². The Bertz CT molecular complexity index is 1140. The number of rotatable bonds is 5. The minimum atomic E-state index is 0. The Morgan fingerprint density at radius 3 is 2.53 bits per heavy atom. The molecule has 7 heteroatoms. The van der Waals surface area contributed by atoms with Crippen molar-refractivity contribution in [2.75, 3.05) is 5.32 Å². The SMILES string of the molecule is Cl.Clc1ccc(COc2ccc(Nc3ncnc4sc5c(c34)CCCC5)cc2)cc1. The van der Waals surface area contributed by atoms with E-state index < -0.39 is 0 Å². The number of halogens is 2. The monoisotopic (exact) mass is 457 g/mol. The Balaban J connectivity index is 0.00000218. The Hall–Kier alpha value is -2.34. The van der Waals surface area contributed by atoms with Crippen LogP contribution in [-0.2, 0) is 19.4 Å². The molecule has 0 unspecified atom stereocenters. The number of thiophene rings is 1. The normalized spacial score (nSPS) is 12.8. The molecule has 0 saturated carbocycles. The second-order valence-electron chi connectivity index (χ2n) is 7.18. The van der Waals surface area contributed by atoms with Gasteiger partial charge in [-0.3, -0.25) is 0 Å². The minimum absolute atomic E-state index is 0. The molecule has 0 aliphatic heterocycles. The zero-order chi connectivity index (χ0) is 19.6. The molecule has 4 nitrogen and oxygen atoms in total. The Morgan fingerprint density at radius 1 is 0.967 bits per heavy atom. The van der Waals surface area contributed by atoms with Crippen molar-refractivity contribution in [3.05, 3.63) is 75.9 Å². The number of aromatic nitrogens is 2. The molecule has 0 bridgehead atoms. The van der Waals surface area contributed by atoms with Crippen LogP contribution in [0.1, 0.15) is 28.8 Å². The topological polar surface area (TPSA) is 47.0 Å². The molecule has 4 aromatic rings. The summed E-state index contributed by atoms with van der Waals surface area (Å²) in [4.78, 5) is 11.6. The number of aryl methyl sites for hydroxylation is 2. The van der Waals surface area contributed by atoms with Crippen LogP contribution in [0.3, 0.4) is 0 Å². The summed E-state index contributed by atoms with van der Waals surface area (Å²) in [6, 6.07) is 15.7. The minimum Gasteiger partial charge on any atom is -0.489 e. The molecule has 0 atom stereocenters. The van der Waals surface area contributed by atoms with Gasteiger partial charge in [-0.25, -0.2) is 9.97 Å². The first kappa shape index (κ1) is 20.9. The lowest BCUT2D eigenvalue weighted by Gasteiger charge is -2.13. The van der Waals surface area contributed by atoms with Crippen LogP contribution in [0, 0.1) is 0 Å². The van der Waals surface area contributed by atoms with E-state index in [-0.39, 0.29) is 12.4 Å². The molecule has 2 heterocycles. The van der Waals surface area contributed by atoms with Crippen LogP contribution in [-0.4, -0.2) is 9.97 Å². The number of fused-ring (bicyclic) bond motifs is 3. The van der Waals surface area contributed by atoms with Crippen molar-refractivity contribution in [3.8, 4) is 5.75 Å². The first-order valence-electron chi connectivity index (χ1n) is 9.76. The number of benzene rings is 2. The van der Waals surface area contributed by atoms with Crippen LogP contribution < -0.4 is 10.1 Å². The number of hydrogen-bond donors (Lipinski definition) is 1. The summed E-state index contributed by atoms with van der Waals surface area (Å²) in [5.41, 5.74) is 3.50. The number of nitrogens with one attached hydrogen (secondary N) is 1. The van der Waals surface area contributed by atoms with Crippen molar-refractivity contribution >= 4 is 57.1 Å². The maximum Gasteiger partial charge on any atom is 0.142 e. The van der Waals surface area contributed by atoms with Crippen molar-refractivity contribution in [2.45, 2.75) is 32.3 Å². The fourth-order valence-electron chi connectivity index (χ4n) is 3.70. The lowest BCUT2D eigenvalue weighted by Crippen LogP contribution is -2.01. The standard InChI is InChI=1S/C23H20ClN3OS.ClH/c24-16-7-5-15(6-8-16)13-28-18-11-9-17(10-12-18)27-22-21-19-3-1-2-4-20(19)29-23(21)26-14-25-22;/h5-12,14H,1-4,13H2,(H,25,26,27);1H. The molecule has 0 saturated heterocycles. The highest BCUT2D eigenvalue weighted by Crippen LogP contribution is 2.38. The molecule has 0 radical (unpaired) electrons. The molecule has 2 aromatic heterocycles. The molecule has 2 aromatic carbocycles. The maximum atomic E-state index is 5.92. The van der Waals surface area contributed by atoms with Gasteiger partial charge in [0.15, 0.2) is 0 Å². The molecule has 0 fully saturated rings. The summed E-state index contributed by atoms with van der Waals surface area (Å²) in [6.45, 7) is 0.511. The van der Waals surface area contributed by atoms with E-state index in [4.69, 9.17) is 16.3 Å². The smallest absolute Gasteiger partial charge is 0.142 e. The third-order valence-corrected chi connectivity index (χ3v) is 6.64. The quantitative estimate of drug-likeness (QED) is 0.351. The van der Waals surface area contributed by atoms with Gasteiger partial charge in [-0.15, -0.1) is 23.7 Å². The highest BCUT2D eigenvalue weighted by Gasteiger charge is 2.19. The Kier molecular flexibility index (Phi) is 6.42. The van der Waals surface area contributed by atoms with Gasteiger partial charge in [0, 0.05) is 15.6 Å². The number of anilines is 2. The van der Waals surface area contributed by atoms with Gasteiger partial charge in [-0.2, -0.15) is 0 Å². The van der Waals surface area contributed by atoms with Gasteiger partial charge < -0.3 is 10.1 Å². The van der Waals surface area contributed by atoms with Gasteiger partial charge in [0.05, 0.1) is 5.39 Å². The molecule has 1 aliphatic carbocycles. The zero-order valence-electron chi connectivity index (χ0n) is 16.2. The average Bonchev–Trinajstić information content (AvgIpc) is 3.14. The van der Waals surface area contributed by atoms with Crippen molar-refractivity contribution < 1.29 is 4.74 Å². The predicted molar refractivity (Wildman–Crippen MR) is 127 cm³/mol. The van der Waals surface area contributed by atoms with Crippen molar-refractivity contribution in [2.24, 2.45) is 0 Å². The van der Waals surface area contributed by atoms with Crippen molar-refractivity contribution in [3.63, 3.8) is 0 Å². The van der Waals surface area contributed by atoms with E-state index in [1.165, 1.54) is 28.7 Å². The fourth-order valence-corrected chi connectivity index (χ4v) is 5.06. The van der Waals surface area contributed by atoms with Crippen molar-refractivity contribution in [1.82, 2.24) is 9.97 Å². The van der Waals surface area contributed by atoms with Gasteiger partial charge in [-0.05, 0) is 73.2 Å². The third kappa shape index (κ3) is 4.38. The second kappa shape index (κ2) is 9.21. The summed E-state index contributed by atoms with van der Waals surface area (Å²) < 4.78 is 5.87. The van der Waals surface area contributed by atoms with Crippen LogP contribution in [0.25, 0.3) is 10.2 Å². The molecule has 1 N–H and O–H groups in total. The number of hydrogen-bond acceptors (Lipinski definition) is 5. The summed E-state index contributed by atoms with van der Waals surface area (Å²) in [6.07, 6.45) is 6.45. The lowest BCUT2D eigenvalue weighted by atomic mass is 9.97. The average molecular weight is 458 g/mol. The fraction of sp³-hybridized carbons (Fsp3) is 0.217.